The average Bonchev–Trinajstić information content (AvgIpc) is 1.25. The van der Waals surface area contributed by atoms with Crippen LogP contribution in [-0.2, 0) is 27.3 Å². The zero-order chi connectivity index (χ0) is 7.15. The Morgan fingerprint density at radius 2 is 0.600 bits per heavy atom. The smallest absolute Gasteiger partial charge is 0.412 e. The number of halogens is 2. The Balaban J connectivity index is -0.0000000300. The van der Waals surface area contributed by atoms with E-state index in [1.54, 1.807) is 0 Å². The van der Waals surface area contributed by atoms with E-state index < -0.39 is 29.6 Å². The third-order valence-electron chi connectivity index (χ3n) is 0. The van der Waals surface area contributed by atoms with Gasteiger partial charge in [0.25, 0.3) is 0 Å². The Morgan fingerprint density at radius 3 is 0.600 bits per heavy atom. The molecule has 2 N–H and O–H groups in total. The Bertz CT molecular complexity index is 27.1. The number of hydrogen-bond donors (Lipinski definition) is 0. The van der Waals surface area contributed by atoms with Gasteiger partial charge in [-0.25, -0.2) is 0 Å². The fourth-order valence-corrected chi connectivity index (χ4v) is 0. The number of rotatable bonds is 0. The zero-order valence-corrected chi connectivity index (χ0v) is 11.6. The van der Waals surface area contributed by atoms with Gasteiger partial charge in [0.1, 0.15) is 0 Å². The van der Waals surface area contributed by atoms with E-state index in [4.69, 9.17) is 25.2 Å². The molecule has 7 nitrogen and oxygen atoms in total. The maximum absolute atomic E-state index is 8.52. The van der Waals surface area contributed by atoms with Crippen molar-refractivity contribution in [2.45, 2.75) is 0 Å². The van der Waals surface area contributed by atoms with Gasteiger partial charge in [0.05, 0.1) is 0 Å². The molecular formula is H2Br2CdO7. The molecule has 0 unspecified atom stereocenters. The average molecular weight is 386 g/mol. The third kappa shape index (κ3) is 277. The molecule has 0 rings (SSSR count). The van der Waals surface area contributed by atoms with Gasteiger partial charge in [0.2, 0.25) is 29.6 Å². The monoisotopic (exact) mass is 386 g/mol. The minimum absolute atomic E-state index is 0. The summed E-state index contributed by atoms with van der Waals surface area (Å²) in [6.45, 7) is 0. The molecule has 0 saturated carbocycles. The van der Waals surface area contributed by atoms with Crippen molar-refractivity contribution in [2.24, 2.45) is 0 Å². The first-order valence-corrected chi connectivity index (χ1v) is 4.81. The summed E-state index contributed by atoms with van der Waals surface area (Å²) in [6, 6.07) is 0. The van der Waals surface area contributed by atoms with Gasteiger partial charge in [0, 0.05) is 0 Å². The molecule has 0 aromatic heterocycles. The molecule has 0 atom stereocenters. The number of hydrogen-bond acceptors (Lipinski definition) is 6. The van der Waals surface area contributed by atoms with Gasteiger partial charge >= 0.3 is 27.3 Å². The van der Waals surface area contributed by atoms with Crippen molar-refractivity contribution < 1.29 is 87.6 Å². The molecule has 0 amide bonds. The normalized spacial score (nSPS) is 7.20. The minimum atomic E-state index is -3.65. The fourth-order valence-electron chi connectivity index (χ4n) is 0. The second-order valence-corrected chi connectivity index (χ2v) is 1.96. The van der Waals surface area contributed by atoms with E-state index in [9.17, 15) is 0 Å². The van der Waals surface area contributed by atoms with Crippen LogP contribution in [0, 0.1) is 29.6 Å². The Morgan fingerprint density at radius 1 is 0.600 bits per heavy atom. The summed E-state index contributed by atoms with van der Waals surface area (Å²) in [5.74, 6) is 0. The van der Waals surface area contributed by atoms with Gasteiger partial charge in [-0.3, -0.25) is 0 Å². The summed E-state index contributed by atoms with van der Waals surface area (Å²) >= 11 is -7.29. The summed E-state index contributed by atoms with van der Waals surface area (Å²) in [6.07, 6.45) is 0. The van der Waals surface area contributed by atoms with E-state index in [2.05, 4.69) is 0 Å². The quantitative estimate of drug-likeness (QED) is 0.374. The van der Waals surface area contributed by atoms with Crippen LogP contribution in [0.5, 0.6) is 0 Å². The standard InChI is InChI=1S/2BrO3.Cd.H2O/c2*2-1(3)4;;/h;;;1H2/q2*-1;+2;. The van der Waals surface area contributed by atoms with Crippen LogP contribution in [-0.4, -0.2) is 5.48 Å². The van der Waals surface area contributed by atoms with Gasteiger partial charge in [-0.1, -0.05) is 0 Å². The van der Waals surface area contributed by atoms with Crippen molar-refractivity contribution in [2.75, 3.05) is 0 Å². The van der Waals surface area contributed by atoms with Crippen molar-refractivity contribution in [3.63, 3.8) is 0 Å². The molecule has 60 valence electrons. The largest absolute Gasteiger partial charge is 2.00 e. The van der Waals surface area contributed by atoms with E-state index >= 15 is 0 Å². The van der Waals surface area contributed by atoms with Gasteiger partial charge < -0.3 is 30.7 Å². The van der Waals surface area contributed by atoms with Gasteiger partial charge in [0.15, 0.2) is 0 Å². The molecule has 10 heteroatoms. The SMILES string of the molecule is O.[Cd+2].[O-][Br+2]([O-])[O-].[O-][Br+2]([O-])[O-]. The van der Waals surface area contributed by atoms with E-state index in [0.29, 0.717) is 0 Å². The molecule has 0 aromatic rings. The molecule has 0 saturated heterocycles. The van der Waals surface area contributed by atoms with Crippen molar-refractivity contribution in [1.29, 1.82) is 0 Å². The molecule has 10 heavy (non-hydrogen) atoms. The predicted molar refractivity (Wildman–Crippen MR) is 3.61 cm³/mol. The molecule has 0 aliphatic heterocycles. The van der Waals surface area contributed by atoms with Crippen LogP contribution in [0.2, 0.25) is 0 Å². The summed E-state index contributed by atoms with van der Waals surface area (Å²) in [4.78, 5) is 0. The van der Waals surface area contributed by atoms with Crippen molar-refractivity contribution in [1.82, 2.24) is 0 Å². The first kappa shape index (κ1) is 22.6. The summed E-state index contributed by atoms with van der Waals surface area (Å²) in [5, 5.41) is 0. The first-order valence-electron chi connectivity index (χ1n) is 0.926. The van der Waals surface area contributed by atoms with E-state index in [0.717, 1.165) is 0 Å². The fraction of sp³-hybridized carbons (Fsp3) is 0. The maximum atomic E-state index is 8.52. The van der Waals surface area contributed by atoms with Gasteiger partial charge in [-0.2, -0.15) is 0 Å². The summed E-state index contributed by atoms with van der Waals surface area (Å²) in [5.41, 5.74) is 0. The molecule has 0 fully saturated rings. The molecule has 0 radical (unpaired) electrons. The maximum Gasteiger partial charge on any atom is 2.00 e. The summed E-state index contributed by atoms with van der Waals surface area (Å²) < 4.78 is 51.1. The second-order valence-electron chi connectivity index (χ2n) is 0.378. The molecular weight excluding hydrogens is 384 g/mol. The Labute approximate surface area is 87.0 Å². The third-order valence-corrected chi connectivity index (χ3v) is 0. The summed E-state index contributed by atoms with van der Waals surface area (Å²) in [7, 11) is 0. The zero-order valence-electron chi connectivity index (χ0n) is 4.41. The van der Waals surface area contributed by atoms with Crippen LogP contribution >= 0.6 is 0 Å². The second kappa shape index (κ2) is 16.9. The Hall–Kier alpha value is 1.60. The van der Waals surface area contributed by atoms with Crippen molar-refractivity contribution >= 4 is 0 Å². The minimum Gasteiger partial charge on any atom is -0.412 e. The molecule has 0 aliphatic rings. The van der Waals surface area contributed by atoms with Crippen molar-refractivity contribution in [3.8, 4) is 0 Å². The van der Waals surface area contributed by atoms with E-state index in [1.165, 1.54) is 0 Å². The van der Waals surface area contributed by atoms with Crippen LogP contribution in [0.3, 0.4) is 0 Å². The molecule has 0 aromatic carbocycles. The van der Waals surface area contributed by atoms with E-state index in [1.807, 2.05) is 0 Å². The molecule has 0 heterocycles. The van der Waals surface area contributed by atoms with Crippen LogP contribution in [0.25, 0.3) is 0 Å². The van der Waals surface area contributed by atoms with Crippen LogP contribution < -0.4 is 25.2 Å². The van der Waals surface area contributed by atoms with Crippen molar-refractivity contribution in [3.05, 3.63) is 0 Å². The predicted octanol–water partition coefficient (Wildman–Crippen LogP) is -7.96. The van der Waals surface area contributed by atoms with Crippen LogP contribution in [0.1, 0.15) is 0 Å². The van der Waals surface area contributed by atoms with Crippen LogP contribution in [0.4, 0.5) is 0 Å². The van der Waals surface area contributed by atoms with Gasteiger partial charge in [-0.15, -0.1) is 0 Å². The van der Waals surface area contributed by atoms with Crippen LogP contribution in [0.15, 0.2) is 0 Å². The topological polar surface area (TPSA) is 170 Å². The van der Waals surface area contributed by atoms with Gasteiger partial charge in [-0.05, 0) is 0 Å². The first-order chi connectivity index (χ1) is 3.46. The molecule has 0 bridgehead atoms. The van der Waals surface area contributed by atoms with E-state index in [-0.39, 0.29) is 32.8 Å². The molecule has 0 spiro atoms. The Kier molecular flexibility index (Phi) is 38.2. The molecule has 0 aliphatic carbocycles.